The third-order valence-electron chi connectivity index (χ3n) is 3.09. The zero-order chi connectivity index (χ0) is 10.7. The Kier molecular flexibility index (Phi) is 4.63. The third-order valence-corrected chi connectivity index (χ3v) is 4.33. The zero-order valence-corrected chi connectivity index (χ0v) is 10.6. The highest BCUT2D eigenvalue weighted by Gasteiger charge is 2.31. The van der Waals surface area contributed by atoms with Crippen molar-refractivity contribution in [3.63, 3.8) is 0 Å². The average Bonchev–Trinajstić information content (AvgIpc) is 2.08. The van der Waals surface area contributed by atoms with Gasteiger partial charge in [-0.25, -0.2) is 0 Å². The van der Waals surface area contributed by atoms with Crippen LogP contribution in [0.25, 0.3) is 0 Å². The summed E-state index contributed by atoms with van der Waals surface area (Å²) in [7, 11) is 0. The molecule has 0 saturated heterocycles. The Morgan fingerprint density at radius 2 is 2.14 bits per heavy atom. The first-order valence-corrected chi connectivity index (χ1v) is 6.60. The van der Waals surface area contributed by atoms with Gasteiger partial charge < -0.3 is 10.8 Å². The summed E-state index contributed by atoms with van der Waals surface area (Å²) < 4.78 is 1.22. The summed E-state index contributed by atoms with van der Waals surface area (Å²) in [4.78, 5) is 10.7. The molecule has 1 fully saturated rings. The quantitative estimate of drug-likeness (QED) is 0.594. The molecule has 0 aromatic carbocycles. The van der Waals surface area contributed by atoms with E-state index in [-0.39, 0.29) is 5.92 Å². The molecule has 1 amide bonds. The van der Waals surface area contributed by atoms with Crippen LogP contribution >= 0.6 is 22.6 Å². The standard InChI is InChI=1S/C10H18INO2/c1-6(9(13)10(12)14)2-7-3-8(4-7)5-11/h6-9,13H,2-5H2,1H3,(H2,12,14)/t6-,7?,8?,9+/m0/s1. The molecule has 1 rings (SSSR count). The number of aliphatic hydroxyl groups excluding tert-OH is 1. The van der Waals surface area contributed by atoms with Crippen LogP contribution in [0.5, 0.6) is 0 Å². The number of hydrogen-bond acceptors (Lipinski definition) is 2. The molecule has 0 heterocycles. The minimum atomic E-state index is -0.964. The van der Waals surface area contributed by atoms with Gasteiger partial charge in [-0.3, -0.25) is 4.79 Å². The highest BCUT2D eigenvalue weighted by Crippen LogP contribution is 2.39. The molecule has 0 bridgehead atoms. The molecule has 4 heteroatoms. The molecule has 3 nitrogen and oxygen atoms in total. The van der Waals surface area contributed by atoms with Crippen LogP contribution in [0.1, 0.15) is 26.2 Å². The molecule has 0 radical (unpaired) electrons. The van der Waals surface area contributed by atoms with Crippen LogP contribution in [-0.2, 0) is 4.79 Å². The Morgan fingerprint density at radius 3 is 2.57 bits per heavy atom. The Bertz CT molecular complexity index is 204. The zero-order valence-electron chi connectivity index (χ0n) is 8.45. The van der Waals surface area contributed by atoms with Crippen LogP contribution in [-0.4, -0.2) is 21.5 Å². The van der Waals surface area contributed by atoms with Crippen molar-refractivity contribution < 1.29 is 9.90 Å². The van der Waals surface area contributed by atoms with Gasteiger partial charge in [-0.05, 0) is 37.0 Å². The minimum absolute atomic E-state index is 0.00709. The maximum Gasteiger partial charge on any atom is 0.246 e. The van der Waals surface area contributed by atoms with Gasteiger partial charge in [-0.1, -0.05) is 29.5 Å². The minimum Gasteiger partial charge on any atom is -0.383 e. The lowest BCUT2D eigenvalue weighted by atomic mass is 9.71. The number of carbonyl (C=O) groups excluding carboxylic acids is 1. The highest BCUT2D eigenvalue weighted by molar-refractivity contribution is 14.1. The average molecular weight is 311 g/mol. The maximum atomic E-state index is 10.7. The van der Waals surface area contributed by atoms with Crippen molar-refractivity contribution in [3.8, 4) is 0 Å². The Hall–Kier alpha value is 0.160. The van der Waals surface area contributed by atoms with E-state index in [1.165, 1.54) is 17.3 Å². The Balaban J connectivity index is 2.22. The fourth-order valence-corrected chi connectivity index (χ4v) is 2.85. The lowest BCUT2D eigenvalue weighted by molar-refractivity contribution is -0.128. The van der Waals surface area contributed by atoms with Crippen molar-refractivity contribution in [2.24, 2.45) is 23.5 Å². The number of halogens is 1. The molecular weight excluding hydrogens is 293 g/mol. The van der Waals surface area contributed by atoms with E-state index in [2.05, 4.69) is 22.6 Å². The van der Waals surface area contributed by atoms with Crippen molar-refractivity contribution in [2.45, 2.75) is 32.3 Å². The number of alkyl halides is 1. The van der Waals surface area contributed by atoms with E-state index in [1.807, 2.05) is 6.92 Å². The topological polar surface area (TPSA) is 63.3 Å². The predicted octanol–water partition coefficient (Wildman–Crippen LogP) is 1.32. The molecule has 1 saturated carbocycles. The molecule has 0 spiro atoms. The molecule has 1 aliphatic rings. The van der Waals surface area contributed by atoms with Gasteiger partial charge in [-0.15, -0.1) is 0 Å². The van der Waals surface area contributed by atoms with Gasteiger partial charge >= 0.3 is 0 Å². The number of hydrogen-bond donors (Lipinski definition) is 2. The maximum absolute atomic E-state index is 10.7. The first-order valence-electron chi connectivity index (χ1n) is 5.08. The van der Waals surface area contributed by atoms with Crippen LogP contribution in [0, 0.1) is 17.8 Å². The van der Waals surface area contributed by atoms with Crippen LogP contribution < -0.4 is 5.73 Å². The van der Waals surface area contributed by atoms with E-state index in [1.54, 1.807) is 0 Å². The molecule has 1 aliphatic carbocycles. The summed E-state index contributed by atoms with van der Waals surface area (Å²) in [6.45, 7) is 1.90. The molecule has 0 aromatic heterocycles. The molecule has 0 unspecified atom stereocenters. The van der Waals surface area contributed by atoms with Gasteiger partial charge in [0, 0.05) is 4.43 Å². The van der Waals surface area contributed by atoms with E-state index in [0.717, 1.165) is 12.3 Å². The van der Waals surface area contributed by atoms with E-state index in [9.17, 15) is 9.90 Å². The Labute approximate surface area is 98.6 Å². The number of rotatable bonds is 5. The third kappa shape index (κ3) is 3.08. The second-order valence-electron chi connectivity index (χ2n) is 4.42. The number of carbonyl (C=O) groups is 1. The fraction of sp³-hybridized carbons (Fsp3) is 0.900. The van der Waals surface area contributed by atoms with Gasteiger partial charge in [0.15, 0.2) is 0 Å². The lowest BCUT2D eigenvalue weighted by Crippen LogP contribution is -2.36. The van der Waals surface area contributed by atoms with Gasteiger partial charge in [-0.2, -0.15) is 0 Å². The molecular formula is C10H18INO2. The van der Waals surface area contributed by atoms with Crippen LogP contribution in [0.4, 0.5) is 0 Å². The van der Waals surface area contributed by atoms with Gasteiger partial charge in [0.25, 0.3) is 0 Å². The highest BCUT2D eigenvalue weighted by atomic mass is 127. The van der Waals surface area contributed by atoms with E-state index >= 15 is 0 Å². The number of primary amides is 1. The van der Waals surface area contributed by atoms with Crippen molar-refractivity contribution in [1.29, 1.82) is 0 Å². The monoisotopic (exact) mass is 311 g/mol. The van der Waals surface area contributed by atoms with Crippen molar-refractivity contribution in [3.05, 3.63) is 0 Å². The van der Waals surface area contributed by atoms with E-state index in [4.69, 9.17) is 5.73 Å². The molecule has 2 atom stereocenters. The lowest BCUT2D eigenvalue weighted by Gasteiger charge is -2.36. The summed E-state index contributed by atoms with van der Waals surface area (Å²) in [6, 6.07) is 0. The largest absolute Gasteiger partial charge is 0.383 e. The second kappa shape index (κ2) is 5.30. The fourth-order valence-electron chi connectivity index (χ4n) is 2.13. The molecule has 82 valence electrons. The van der Waals surface area contributed by atoms with Crippen LogP contribution in [0.3, 0.4) is 0 Å². The summed E-state index contributed by atoms with van der Waals surface area (Å²) >= 11 is 2.41. The summed E-state index contributed by atoms with van der Waals surface area (Å²) in [5.41, 5.74) is 5.04. The van der Waals surface area contributed by atoms with Crippen molar-refractivity contribution >= 4 is 28.5 Å². The first-order chi connectivity index (χ1) is 6.54. The number of nitrogens with two attached hydrogens (primary N) is 1. The van der Waals surface area contributed by atoms with Crippen molar-refractivity contribution in [2.75, 3.05) is 4.43 Å². The van der Waals surface area contributed by atoms with E-state index < -0.39 is 12.0 Å². The van der Waals surface area contributed by atoms with Crippen LogP contribution in [0.2, 0.25) is 0 Å². The van der Waals surface area contributed by atoms with Crippen LogP contribution in [0.15, 0.2) is 0 Å². The summed E-state index contributed by atoms with van der Waals surface area (Å²) in [6.07, 6.45) is 2.46. The number of amides is 1. The Morgan fingerprint density at radius 1 is 1.57 bits per heavy atom. The normalized spacial score (nSPS) is 30.5. The summed E-state index contributed by atoms with van der Waals surface area (Å²) in [5.74, 6) is 0.965. The molecule has 14 heavy (non-hydrogen) atoms. The van der Waals surface area contributed by atoms with E-state index in [0.29, 0.717) is 5.92 Å². The smallest absolute Gasteiger partial charge is 0.246 e. The summed E-state index contributed by atoms with van der Waals surface area (Å²) in [5, 5.41) is 9.41. The van der Waals surface area contributed by atoms with Crippen molar-refractivity contribution in [1.82, 2.24) is 0 Å². The van der Waals surface area contributed by atoms with Gasteiger partial charge in [0.05, 0.1) is 0 Å². The van der Waals surface area contributed by atoms with Gasteiger partial charge in [0.2, 0.25) is 5.91 Å². The number of aliphatic hydroxyl groups is 1. The molecule has 0 aliphatic heterocycles. The molecule has 0 aromatic rings. The second-order valence-corrected chi connectivity index (χ2v) is 5.30. The first kappa shape index (κ1) is 12.2. The predicted molar refractivity (Wildman–Crippen MR) is 64.1 cm³/mol. The SMILES string of the molecule is C[C@@H](CC1CC(CI)C1)[C@@H](O)C(N)=O. The van der Waals surface area contributed by atoms with Gasteiger partial charge in [0.1, 0.15) is 6.10 Å². The molecule has 3 N–H and O–H groups in total.